The molecule has 0 saturated heterocycles. The number of aromatic nitrogens is 3. The molecule has 25 heavy (non-hydrogen) atoms. The van der Waals surface area contributed by atoms with Gasteiger partial charge < -0.3 is 19.8 Å². The summed E-state index contributed by atoms with van der Waals surface area (Å²) < 4.78 is 13.7. The Balaban J connectivity index is 1.72. The molecular formula is C18H24N4O2Si. The van der Waals surface area contributed by atoms with Crippen molar-refractivity contribution in [3.63, 3.8) is 0 Å². The van der Waals surface area contributed by atoms with Crippen molar-refractivity contribution in [2.75, 3.05) is 12.3 Å². The summed E-state index contributed by atoms with van der Waals surface area (Å²) >= 11 is 0. The average molecular weight is 357 g/mol. The van der Waals surface area contributed by atoms with Crippen LogP contribution < -0.4 is 10.5 Å². The van der Waals surface area contributed by atoms with Gasteiger partial charge in [0, 0.05) is 27.1 Å². The smallest absolute Gasteiger partial charge is 0.145 e. The molecule has 0 spiro atoms. The molecule has 6 nitrogen and oxygen atoms in total. The molecule has 0 aliphatic heterocycles. The zero-order valence-corrected chi connectivity index (χ0v) is 15.9. The highest BCUT2D eigenvalue weighted by Gasteiger charge is 2.13. The number of ether oxygens (including phenoxy) is 2. The highest BCUT2D eigenvalue weighted by Crippen LogP contribution is 2.29. The van der Waals surface area contributed by atoms with E-state index in [1.165, 1.54) is 0 Å². The second-order valence-electron chi connectivity index (χ2n) is 7.20. The predicted molar refractivity (Wildman–Crippen MR) is 103 cm³/mol. The van der Waals surface area contributed by atoms with Crippen molar-refractivity contribution in [2.45, 2.75) is 32.4 Å². The van der Waals surface area contributed by atoms with Gasteiger partial charge >= 0.3 is 0 Å². The molecule has 3 aromatic heterocycles. The third-order valence-corrected chi connectivity index (χ3v) is 5.54. The minimum absolute atomic E-state index is 0.467. The normalized spacial score (nSPS) is 11.8. The largest absolute Gasteiger partial charge is 0.455 e. The molecule has 132 valence electrons. The molecule has 0 fully saturated rings. The van der Waals surface area contributed by atoms with Gasteiger partial charge in [0.25, 0.3) is 0 Å². The van der Waals surface area contributed by atoms with Crippen molar-refractivity contribution < 1.29 is 9.47 Å². The minimum Gasteiger partial charge on any atom is -0.455 e. The van der Waals surface area contributed by atoms with Crippen LogP contribution in [0.4, 0.5) is 5.82 Å². The molecule has 2 N–H and O–H groups in total. The van der Waals surface area contributed by atoms with Gasteiger partial charge in [-0.25, -0.2) is 9.97 Å². The molecular weight excluding hydrogens is 332 g/mol. The number of nitrogens with zero attached hydrogens (tertiary/aromatic N) is 3. The van der Waals surface area contributed by atoms with Gasteiger partial charge in [-0.3, -0.25) is 0 Å². The van der Waals surface area contributed by atoms with E-state index in [2.05, 4.69) is 29.6 Å². The molecule has 3 rings (SSSR count). The monoisotopic (exact) mass is 356 g/mol. The highest BCUT2D eigenvalue weighted by atomic mass is 28.3. The summed E-state index contributed by atoms with van der Waals surface area (Å²) in [7, 11) is -1.07. The summed E-state index contributed by atoms with van der Waals surface area (Å²) in [6.07, 6.45) is 5.32. The van der Waals surface area contributed by atoms with Crippen LogP contribution in [0.2, 0.25) is 25.7 Å². The van der Waals surface area contributed by atoms with Gasteiger partial charge in [-0.1, -0.05) is 19.6 Å². The molecule has 0 radical (unpaired) electrons. The van der Waals surface area contributed by atoms with E-state index in [0.29, 0.717) is 18.3 Å². The molecule has 0 unspecified atom stereocenters. The summed E-state index contributed by atoms with van der Waals surface area (Å²) in [5.74, 6) is 1.84. The average Bonchev–Trinajstić information content (AvgIpc) is 2.97. The first-order valence-electron chi connectivity index (χ1n) is 8.33. The number of hydrogen-bond donors (Lipinski definition) is 1. The maximum absolute atomic E-state index is 5.92. The number of fused-ring (bicyclic) bond motifs is 1. The number of anilines is 1. The summed E-state index contributed by atoms with van der Waals surface area (Å²) in [6.45, 7) is 8.31. The zero-order chi connectivity index (χ0) is 17.9. The molecule has 0 atom stereocenters. The fourth-order valence-electron chi connectivity index (χ4n) is 2.38. The van der Waals surface area contributed by atoms with E-state index in [1.54, 1.807) is 24.5 Å². The van der Waals surface area contributed by atoms with Crippen molar-refractivity contribution in [1.82, 2.24) is 14.5 Å². The van der Waals surface area contributed by atoms with Crippen LogP contribution in [0.1, 0.15) is 0 Å². The Hall–Kier alpha value is -2.38. The van der Waals surface area contributed by atoms with E-state index in [0.717, 1.165) is 29.4 Å². The van der Waals surface area contributed by atoms with Crippen molar-refractivity contribution in [2.24, 2.45) is 0 Å². The van der Waals surface area contributed by atoms with Crippen LogP contribution in [-0.4, -0.2) is 29.2 Å². The fraction of sp³-hybridized carbons (Fsp3) is 0.333. The maximum Gasteiger partial charge on any atom is 0.145 e. The van der Waals surface area contributed by atoms with Gasteiger partial charge in [0.15, 0.2) is 0 Å². The van der Waals surface area contributed by atoms with E-state index in [4.69, 9.17) is 15.2 Å². The van der Waals surface area contributed by atoms with Crippen molar-refractivity contribution in [1.29, 1.82) is 0 Å². The SMILES string of the molecule is C[Si](C)(C)CCOCn1ccc2c(Oc3ccc(N)nc3)ccnc21. The lowest BCUT2D eigenvalue weighted by molar-refractivity contribution is 0.0899. The summed E-state index contributed by atoms with van der Waals surface area (Å²) in [6, 6.07) is 8.49. The Bertz CT molecular complexity index is 840. The van der Waals surface area contributed by atoms with Gasteiger partial charge in [-0.05, 0) is 30.3 Å². The number of rotatable bonds is 7. The number of hydrogen-bond acceptors (Lipinski definition) is 5. The summed E-state index contributed by atoms with van der Waals surface area (Å²) in [4.78, 5) is 8.51. The second-order valence-corrected chi connectivity index (χ2v) is 12.8. The van der Waals surface area contributed by atoms with E-state index in [-0.39, 0.29) is 0 Å². The fourth-order valence-corrected chi connectivity index (χ4v) is 3.14. The molecule has 0 amide bonds. The molecule has 0 aliphatic carbocycles. The van der Waals surface area contributed by atoms with Crippen LogP contribution >= 0.6 is 0 Å². The topological polar surface area (TPSA) is 75.2 Å². The van der Waals surface area contributed by atoms with Crippen LogP contribution in [0.25, 0.3) is 11.0 Å². The van der Waals surface area contributed by atoms with E-state index in [9.17, 15) is 0 Å². The predicted octanol–water partition coefficient (Wildman–Crippen LogP) is 4.12. The third-order valence-electron chi connectivity index (χ3n) is 3.84. The van der Waals surface area contributed by atoms with Crippen molar-refractivity contribution in [3.05, 3.63) is 42.9 Å². The Morgan fingerprint density at radius 1 is 1.12 bits per heavy atom. The van der Waals surface area contributed by atoms with Crippen LogP contribution in [-0.2, 0) is 11.5 Å². The quantitative estimate of drug-likeness (QED) is 0.509. The van der Waals surface area contributed by atoms with Gasteiger partial charge in [0.05, 0.1) is 11.6 Å². The van der Waals surface area contributed by atoms with Crippen LogP contribution in [0.5, 0.6) is 11.5 Å². The van der Waals surface area contributed by atoms with Gasteiger partial charge in [-0.15, -0.1) is 0 Å². The summed E-state index contributed by atoms with van der Waals surface area (Å²) in [5.41, 5.74) is 6.45. The van der Waals surface area contributed by atoms with Crippen LogP contribution in [0.3, 0.4) is 0 Å². The Labute approximate surface area is 148 Å². The standard InChI is InChI=1S/C18H24N4O2Si/c1-25(2,3)11-10-23-13-22-9-7-15-16(6-8-20-18(15)22)24-14-4-5-17(19)21-12-14/h4-9,12H,10-11,13H2,1-3H3,(H2,19,21). The van der Waals surface area contributed by atoms with Crippen molar-refractivity contribution in [3.8, 4) is 11.5 Å². The first-order valence-corrected chi connectivity index (χ1v) is 12.0. The Morgan fingerprint density at radius 2 is 1.96 bits per heavy atom. The molecule has 7 heteroatoms. The van der Waals surface area contributed by atoms with Crippen LogP contribution in [0.15, 0.2) is 42.9 Å². The molecule has 0 bridgehead atoms. The highest BCUT2D eigenvalue weighted by molar-refractivity contribution is 6.76. The minimum atomic E-state index is -1.07. The number of pyridine rings is 2. The first kappa shape index (κ1) is 17.4. The molecule has 3 heterocycles. The molecule has 0 aromatic carbocycles. The summed E-state index contributed by atoms with van der Waals surface area (Å²) in [5, 5.41) is 0.938. The maximum atomic E-state index is 5.92. The van der Waals surface area contributed by atoms with E-state index < -0.39 is 8.07 Å². The van der Waals surface area contributed by atoms with Gasteiger partial charge in [0.1, 0.15) is 29.7 Å². The lowest BCUT2D eigenvalue weighted by atomic mass is 10.3. The van der Waals surface area contributed by atoms with E-state index >= 15 is 0 Å². The first-order chi connectivity index (χ1) is 11.9. The zero-order valence-electron chi connectivity index (χ0n) is 14.9. The van der Waals surface area contributed by atoms with Crippen LogP contribution in [0, 0.1) is 0 Å². The number of nitrogens with two attached hydrogens (primary N) is 1. The van der Waals surface area contributed by atoms with Gasteiger partial charge in [0.2, 0.25) is 0 Å². The van der Waals surface area contributed by atoms with Gasteiger partial charge in [-0.2, -0.15) is 0 Å². The Kier molecular flexibility index (Phi) is 5.05. The molecule has 0 saturated carbocycles. The third kappa shape index (κ3) is 4.58. The molecule has 0 aliphatic rings. The van der Waals surface area contributed by atoms with Crippen molar-refractivity contribution >= 4 is 24.9 Å². The van der Waals surface area contributed by atoms with E-state index in [1.807, 2.05) is 22.9 Å². The number of nitrogen functional groups attached to an aromatic ring is 1. The lowest BCUT2D eigenvalue weighted by Crippen LogP contribution is -2.22. The second kappa shape index (κ2) is 7.24. The lowest BCUT2D eigenvalue weighted by Gasteiger charge is -2.15. The molecule has 3 aromatic rings. The Morgan fingerprint density at radius 3 is 2.68 bits per heavy atom.